The first-order chi connectivity index (χ1) is 14.4. The molecule has 0 N–H and O–H groups in total. The second kappa shape index (κ2) is 8.02. The first-order valence-electron chi connectivity index (χ1n) is 9.77. The number of likely N-dealkylation sites (N-methyl/N-ethyl adjacent to an activating group) is 1. The van der Waals surface area contributed by atoms with Crippen LogP contribution in [0.4, 0.5) is 0 Å². The highest BCUT2D eigenvalue weighted by molar-refractivity contribution is 6.07. The van der Waals surface area contributed by atoms with Gasteiger partial charge in [-0.25, -0.2) is 4.98 Å². The molecule has 0 saturated heterocycles. The fraction of sp³-hybridized carbons (Fsp3) is 0.261. The number of nitrogens with zero attached hydrogens (tertiary/aromatic N) is 4. The van der Waals surface area contributed by atoms with Crippen molar-refractivity contribution in [2.75, 3.05) is 20.2 Å². The highest BCUT2D eigenvalue weighted by Gasteiger charge is 2.22. The number of aryl methyl sites for hydroxylation is 3. The molecule has 0 saturated carbocycles. The Balaban J connectivity index is 1.59. The standard InChI is InChI=1S/C23H24N4O3/c1-15-7-9-17(10-8-15)29-13-11-26(3)23(28)18-14-19(20-6-5-12-30-20)24-22-21(18)16(2)25-27(22)4/h5-10,12,14H,11,13H2,1-4H3. The van der Waals surface area contributed by atoms with Crippen LogP contribution in [0.1, 0.15) is 21.6 Å². The van der Waals surface area contributed by atoms with Gasteiger partial charge < -0.3 is 14.1 Å². The SMILES string of the molecule is Cc1ccc(OCCN(C)C(=O)c2cc(-c3ccco3)nc3c2c(C)nn3C)cc1. The van der Waals surface area contributed by atoms with Crippen molar-refractivity contribution in [3.05, 3.63) is 65.5 Å². The fourth-order valence-electron chi connectivity index (χ4n) is 3.41. The van der Waals surface area contributed by atoms with Gasteiger partial charge >= 0.3 is 0 Å². The molecule has 7 nitrogen and oxygen atoms in total. The van der Waals surface area contributed by atoms with Crippen LogP contribution in [0, 0.1) is 13.8 Å². The molecule has 0 fully saturated rings. The summed E-state index contributed by atoms with van der Waals surface area (Å²) in [4.78, 5) is 19.6. The number of hydrogen-bond donors (Lipinski definition) is 0. The van der Waals surface area contributed by atoms with Crippen LogP contribution in [-0.2, 0) is 7.05 Å². The molecule has 4 rings (SSSR count). The van der Waals surface area contributed by atoms with Crippen LogP contribution in [0.25, 0.3) is 22.5 Å². The summed E-state index contributed by atoms with van der Waals surface area (Å²) in [7, 11) is 3.59. The van der Waals surface area contributed by atoms with Crippen LogP contribution in [0.15, 0.2) is 53.1 Å². The van der Waals surface area contributed by atoms with Crippen molar-refractivity contribution in [1.82, 2.24) is 19.7 Å². The molecule has 0 bridgehead atoms. The largest absolute Gasteiger partial charge is 0.492 e. The van der Waals surface area contributed by atoms with Gasteiger partial charge in [0.2, 0.25) is 0 Å². The fourth-order valence-corrected chi connectivity index (χ4v) is 3.41. The molecule has 3 aromatic heterocycles. The Morgan fingerprint density at radius 1 is 1.20 bits per heavy atom. The van der Waals surface area contributed by atoms with Crippen molar-refractivity contribution in [2.24, 2.45) is 7.05 Å². The van der Waals surface area contributed by atoms with Gasteiger partial charge in [-0.2, -0.15) is 5.10 Å². The number of furan rings is 1. The summed E-state index contributed by atoms with van der Waals surface area (Å²) < 4.78 is 13.0. The zero-order chi connectivity index (χ0) is 21.3. The lowest BCUT2D eigenvalue weighted by atomic mass is 10.1. The van der Waals surface area contributed by atoms with Crippen molar-refractivity contribution >= 4 is 16.9 Å². The first-order valence-corrected chi connectivity index (χ1v) is 9.77. The smallest absolute Gasteiger partial charge is 0.254 e. The Hall–Kier alpha value is -3.61. The number of benzene rings is 1. The molecule has 0 unspecified atom stereocenters. The molecule has 3 heterocycles. The quantitative estimate of drug-likeness (QED) is 0.486. The van der Waals surface area contributed by atoms with E-state index in [9.17, 15) is 4.79 Å². The van der Waals surface area contributed by atoms with Gasteiger partial charge in [0, 0.05) is 14.1 Å². The van der Waals surface area contributed by atoms with E-state index in [4.69, 9.17) is 9.15 Å². The van der Waals surface area contributed by atoms with Crippen molar-refractivity contribution in [1.29, 1.82) is 0 Å². The highest BCUT2D eigenvalue weighted by atomic mass is 16.5. The summed E-state index contributed by atoms with van der Waals surface area (Å²) in [5.41, 5.74) is 3.74. The average Bonchev–Trinajstić information content (AvgIpc) is 3.37. The van der Waals surface area contributed by atoms with E-state index < -0.39 is 0 Å². The predicted molar refractivity (Wildman–Crippen MR) is 115 cm³/mol. The van der Waals surface area contributed by atoms with E-state index in [1.165, 1.54) is 5.56 Å². The third kappa shape index (κ3) is 3.78. The van der Waals surface area contributed by atoms with Crippen LogP contribution in [0.3, 0.4) is 0 Å². The number of rotatable bonds is 6. The Labute approximate surface area is 174 Å². The van der Waals surface area contributed by atoms with Gasteiger partial charge in [0.05, 0.1) is 29.5 Å². The van der Waals surface area contributed by atoms with E-state index in [2.05, 4.69) is 10.1 Å². The number of aromatic nitrogens is 3. The lowest BCUT2D eigenvalue weighted by molar-refractivity contribution is 0.0775. The molecule has 1 amide bonds. The molecule has 154 valence electrons. The van der Waals surface area contributed by atoms with Gasteiger partial charge in [-0.3, -0.25) is 9.48 Å². The highest BCUT2D eigenvalue weighted by Crippen LogP contribution is 2.27. The van der Waals surface area contributed by atoms with E-state index in [0.29, 0.717) is 35.8 Å². The number of fused-ring (bicyclic) bond motifs is 1. The Kier molecular flexibility index (Phi) is 5.27. The van der Waals surface area contributed by atoms with Crippen LogP contribution < -0.4 is 4.74 Å². The molecular formula is C23H24N4O3. The average molecular weight is 404 g/mol. The van der Waals surface area contributed by atoms with Gasteiger partial charge in [0.1, 0.15) is 18.1 Å². The Morgan fingerprint density at radius 3 is 2.67 bits per heavy atom. The number of hydrogen-bond acceptors (Lipinski definition) is 5. The molecular weight excluding hydrogens is 380 g/mol. The minimum absolute atomic E-state index is 0.112. The maximum Gasteiger partial charge on any atom is 0.254 e. The Bertz CT molecular complexity index is 1180. The van der Waals surface area contributed by atoms with E-state index in [1.54, 1.807) is 35.0 Å². The van der Waals surface area contributed by atoms with Crippen molar-refractivity contribution in [3.63, 3.8) is 0 Å². The van der Waals surface area contributed by atoms with Crippen molar-refractivity contribution < 1.29 is 13.9 Å². The molecule has 0 atom stereocenters. The summed E-state index contributed by atoms with van der Waals surface area (Å²) in [5, 5.41) is 5.21. The van der Waals surface area contributed by atoms with E-state index in [-0.39, 0.29) is 5.91 Å². The maximum absolute atomic E-state index is 13.3. The molecule has 1 aromatic carbocycles. The van der Waals surface area contributed by atoms with E-state index in [1.807, 2.05) is 51.2 Å². The molecule has 0 spiro atoms. The summed E-state index contributed by atoms with van der Waals surface area (Å²) in [5.74, 6) is 1.28. The molecule has 0 aliphatic rings. The predicted octanol–water partition coefficient (Wildman–Crippen LogP) is 4.00. The number of carbonyl (C=O) groups excluding carboxylic acids is 1. The number of ether oxygens (including phenoxy) is 1. The second-order valence-corrected chi connectivity index (χ2v) is 7.33. The number of amides is 1. The summed E-state index contributed by atoms with van der Waals surface area (Å²) in [6.07, 6.45) is 1.59. The summed E-state index contributed by atoms with van der Waals surface area (Å²) >= 11 is 0. The minimum Gasteiger partial charge on any atom is -0.492 e. The van der Waals surface area contributed by atoms with Crippen LogP contribution in [0.2, 0.25) is 0 Å². The second-order valence-electron chi connectivity index (χ2n) is 7.33. The number of carbonyl (C=O) groups is 1. The Morgan fingerprint density at radius 2 is 1.97 bits per heavy atom. The molecule has 0 radical (unpaired) electrons. The van der Waals surface area contributed by atoms with Gasteiger partial charge in [-0.1, -0.05) is 17.7 Å². The molecule has 7 heteroatoms. The monoisotopic (exact) mass is 404 g/mol. The van der Waals surface area contributed by atoms with Gasteiger partial charge in [0.25, 0.3) is 5.91 Å². The van der Waals surface area contributed by atoms with Gasteiger partial charge in [-0.05, 0) is 44.2 Å². The zero-order valence-corrected chi connectivity index (χ0v) is 17.5. The maximum atomic E-state index is 13.3. The first kappa shape index (κ1) is 19.7. The molecule has 0 aliphatic carbocycles. The lowest BCUT2D eigenvalue weighted by Gasteiger charge is -2.18. The lowest BCUT2D eigenvalue weighted by Crippen LogP contribution is -2.31. The van der Waals surface area contributed by atoms with Crippen molar-refractivity contribution in [3.8, 4) is 17.2 Å². The normalized spacial score (nSPS) is 11.1. The molecule has 30 heavy (non-hydrogen) atoms. The zero-order valence-electron chi connectivity index (χ0n) is 17.5. The summed E-state index contributed by atoms with van der Waals surface area (Å²) in [6, 6.07) is 13.3. The van der Waals surface area contributed by atoms with Gasteiger partial charge in [-0.15, -0.1) is 0 Å². The third-order valence-electron chi connectivity index (χ3n) is 5.04. The van der Waals surface area contributed by atoms with Crippen LogP contribution in [-0.4, -0.2) is 45.8 Å². The molecule has 4 aromatic rings. The van der Waals surface area contributed by atoms with Gasteiger partial charge in [0.15, 0.2) is 11.4 Å². The summed E-state index contributed by atoms with van der Waals surface area (Å²) in [6.45, 7) is 4.76. The van der Waals surface area contributed by atoms with Crippen LogP contribution >= 0.6 is 0 Å². The van der Waals surface area contributed by atoms with Crippen molar-refractivity contribution in [2.45, 2.75) is 13.8 Å². The minimum atomic E-state index is -0.112. The van der Waals surface area contributed by atoms with E-state index in [0.717, 1.165) is 16.8 Å². The van der Waals surface area contributed by atoms with E-state index >= 15 is 0 Å². The van der Waals surface area contributed by atoms with Crippen LogP contribution in [0.5, 0.6) is 5.75 Å². The third-order valence-corrected chi connectivity index (χ3v) is 5.04. The number of pyridine rings is 1. The topological polar surface area (TPSA) is 73.4 Å². The molecule has 0 aliphatic heterocycles.